The van der Waals surface area contributed by atoms with Crippen molar-refractivity contribution in [1.82, 2.24) is 30.2 Å². The summed E-state index contributed by atoms with van der Waals surface area (Å²) in [7, 11) is 0. The van der Waals surface area contributed by atoms with Crippen LogP contribution in [0, 0.1) is 19.8 Å². The summed E-state index contributed by atoms with van der Waals surface area (Å²) in [6.45, 7) is 10.2. The Morgan fingerprint density at radius 2 is 2.09 bits per heavy atom. The van der Waals surface area contributed by atoms with Crippen molar-refractivity contribution >= 4 is 6.03 Å². The van der Waals surface area contributed by atoms with Gasteiger partial charge in [0, 0.05) is 37.2 Å². The molecule has 2 rings (SSSR count). The molecule has 0 saturated carbocycles. The number of rotatable bonds is 7. The maximum atomic E-state index is 11.9. The summed E-state index contributed by atoms with van der Waals surface area (Å²) in [4.78, 5) is 11.9. The van der Waals surface area contributed by atoms with E-state index in [1.54, 1.807) is 10.9 Å². The van der Waals surface area contributed by atoms with Crippen LogP contribution in [0.2, 0.25) is 0 Å². The molecule has 0 aromatic carbocycles. The summed E-state index contributed by atoms with van der Waals surface area (Å²) < 4.78 is 3.79. The number of nitrogens with one attached hydrogen (secondary N) is 2. The Kier molecular flexibility index (Phi) is 5.78. The van der Waals surface area contributed by atoms with Crippen molar-refractivity contribution in [1.29, 1.82) is 0 Å². The largest absolute Gasteiger partial charge is 0.338 e. The van der Waals surface area contributed by atoms with Crippen molar-refractivity contribution in [3.8, 4) is 0 Å². The first-order valence-corrected chi connectivity index (χ1v) is 7.97. The molecule has 2 aromatic rings. The van der Waals surface area contributed by atoms with Crippen LogP contribution in [0.1, 0.15) is 25.2 Å². The number of aryl methyl sites for hydroxylation is 2. The van der Waals surface area contributed by atoms with E-state index in [4.69, 9.17) is 0 Å². The molecule has 0 aliphatic rings. The number of carbonyl (C=O) groups excluding carboxylic acids is 1. The Hall–Kier alpha value is -2.31. The normalized spacial score (nSPS) is 13.6. The Morgan fingerprint density at radius 1 is 1.30 bits per heavy atom. The van der Waals surface area contributed by atoms with Crippen molar-refractivity contribution in [2.45, 2.75) is 46.8 Å². The van der Waals surface area contributed by atoms with E-state index in [0.717, 1.165) is 17.9 Å². The number of hydrogen-bond acceptors (Lipinski definition) is 3. The number of nitrogens with zero attached hydrogens (tertiary/aromatic N) is 4. The highest BCUT2D eigenvalue weighted by atomic mass is 16.2. The molecular formula is C16H26N6O. The second-order valence-electron chi connectivity index (χ2n) is 6.20. The molecule has 2 atom stereocenters. The molecule has 0 radical (unpaired) electrons. The van der Waals surface area contributed by atoms with E-state index < -0.39 is 0 Å². The van der Waals surface area contributed by atoms with Crippen LogP contribution in [-0.2, 0) is 13.1 Å². The predicted octanol–water partition coefficient (Wildman–Crippen LogP) is 1.72. The Balaban J connectivity index is 1.70. The smallest absolute Gasteiger partial charge is 0.315 e. The van der Waals surface area contributed by atoms with Gasteiger partial charge >= 0.3 is 6.03 Å². The number of hydrogen-bond donors (Lipinski definition) is 2. The number of carbonyl (C=O) groups is 1. The fraction of sp³-hybridized carbons (Fsp3) is 0.562. The number of amides is 2. The Bertz CT molecular complexity index is 619. The van der Waals surface area contributed by atoms with E-state index in [2.05, 4.69) is 33.8 Å². The summed E-state index contributed by atoms with van der Waals surface area (Å²) in [6.07, 6.45) is 3.61. The van der Waals surface area contributed by atoms with Gasteiger partial charge in [-0.05, 0) is 38.8 Å². The quantitative estimate of drug-likeness (QED) is 0.816. The highest BCUT2D eigenvalue weighted by Gasteiger charge is 2.11. The molecule has 0 spiro atoms. The molecule has 2 N–H and O–H groups in total. The lowest BCUT2D eigenvalue weighted by atomic mass is 10.2. The Labute approximate surface area is 137 Å². The third kappa shape index (κ3) is 5.43. The molecule has 0 saturated heterocycles. The highest BCUT2D eigenvalue weighted by Crippen LogP contribution is 2.05. The SMILES string of the molecule is Cc1cc(C)n(C[C@@H](C)CNC(=O)N[C@@H](C)Cn2cccn2)n1. The topological polar surface area (TPSA) is 76.8 Å². The zero-order valence-electron chi connectivity index (χ0n) is 14.3. The van der Waals surface area contributed by atoms with Gasteiger partial charge in [0.15, 0.2) is 0 Å². The molecule has 2 amide bonds. The molecule has 0 unspecified atom stereocenters. The summed E-state index contributed by atoms with van der Waals surface area (Å²) in [5.41, 5.74) is 2.17. The highest BCUT2D eigenvalue weighted by molar-refractivity contribution is 5.74. The third-order valence-corrected chi connectivity index (χ3v) is 3.60. The minimum atomic E-state index is -0.148. The van der Waals surface area contributed by atoms with Crippen molar-refractivity contribution < 1.29 is 4.79 Å². The molecular weight excluding hydrogens is 292 g/mol. The van der Waals surface area contributed by atoms with Gasteiger partial charge < -0.3 is 10.6 Å². The molecule has 0 aliphatic carbocycles. The van der Waals surface area contributed by atoms with Gasteiger partial charge in [0.25, 0.3) is 0 Å². The molecule has 7 nitrogen and oxygen atoms in total. The molecule has 2 heterocycles. The molecule has 7 heteroatoms. The lowest BCUT2D eigenvalue weighted by Crippen LogP contribution is -2.44. The van der Waals surface area contributed by atoms with Crippen molar-refractivity contribution in [2.24, 2.45) is 5.92 Å². The fourth-order valence-corrected chi connectivity index (χ4v) is 2.50. The van der Waals surface area contributed by atoms with E-state index in [1.165, 1.54) is 0 Å². The van der Waals surface area contributed by atoms with Gasteiger partial charge in [-0.25, -0.2) is 4.79 Å². The van der Waals surface area contributed by atoms with Crippen LogP contribution in [-0.4, -0.2) is 38.2 Å². The van der Waals surface area contributed by atoms with E-state index in [1.807, 2.05) is 37.7 Å². The van der Waals surface area contributed by atoms with E-state index >= 15 is 0 Å². The molecule has 0 fully saturated rings. The van der Waals surface area contributed by atoms with Crippen LogP contribution in [0.3, 0.4) is 0 Å². The molecule has 0 aliphatic heterocycles. The van der Waals surface area contributed by atoms with Gasteiger partial charge in [0.1, 0.15) is 0 Å². The minimum absolute atomic E-state index is 0.0150. The maximum absolute atomic E-state index is 11.9. The average Bonchev–Trinajstić information content (AvgIpc) is 3.07. The zero-order chi connectivity index (χ0) is 16.8. The van der Waals surface area contributed by atoms with Gasteiger partial charge in [0.05, 0.1) is 12.2 Å². The van der Waals surface area contributed by atoms with Crippen molar-refractivity contribution in [2.75, 3.05) is 6.54 Å². The molecule has 23 heavy (non-hydrogen) atoms. The first-order chi connectivity index (χ1) is 10.9. The van der Waals surface area contributed by atoms with Gasteiger partial charge in [0.2, 0.25) is 0 Å². The monoisotopic (exact) mass is 318 g/mol. The number of urea groups is 1. The Morgan fingerprint density at radius 3 is 2.70 bits per heavy atom. The third-order valence-electron chi connectivity index (χ3n) is 3.60. The maximum Gasteiger partial charge on any atom is 0.315 e. The van der Waals surface area contributed by atoms with E-state index in [0.29, 0.717) is 19.0 Å². The predicted molar refractivity (Wildman–Crippen MR) is 89.1 cm³/mol. The van der Waals surface area contributed by atoms with Gasteiger partial charge in [-0.15, -0.1) is 0 Å². The molecule has 2 aromatic heterocycles. The molecule has 0 bridgehead atoms. The molecule has 126 valence electrons. The minimum Gasteiger partial charge on any atom is -0.338 e. The summed E-state index contributed by atoms with van der Waals surface area (Å²) >= 11 is 0. The summed E-state index contributed by atoms with van der Waals surface area (Å²) in [5, 5.41) is 14.4. The van der Waals surface area contributed by atoms with E-state index in [-0.39, 0.29) is 12.1 Å². The number of aromatic nitrogens is 4. The fourth-order valence-electron chi connectivity index (χ4n) is 2.50. The van der Waals surface area contributed by atoms with Crippen LogP contribution in [0.5, 0.6) is 0 Å². The zero-order valence-corrected chi connectivity index (χ0v) is 14.3. The standard InChI is InChI=1S/C16H26N6O/c1-12(10-22-15(4)8-13(2)20-22)9-17-16(23)19-14(3)11-21-7-5-6-18-21/h5-8,12,14H,9-11H2,1-4H3,(H2,17,19,23)/t12-,14-/m0/s1. The lowest BCUT2D eigenvalue weighted by Gasteiger charge is -2.17. The average molecular weight is 318 g/mol. The van der Waals surface area contributed by atoms with Crippen LogP contribution >= 0.6 is 0 Å². The van der Waals surface area contributed by atoms with Crippen molar-refractivity contribution in [3.63, 3.8) is 0 Å². The van der Waals surface area contributed by atoms with Crippen LogP contribution in [0.4, 0.5) is 4.79 Å². The first kappa shape index (κ1) is 17.1. The van der Waals surface area contributed by atoms with Crippen molar-refractivity contribution in [3.05, 3.63) is 35.9 Å². The van der Waals surface area contributed by atoms with E-state index in [9.17, 15) is 4.79 Å². The van der Waals surface area contributed by atoms with Gasteiger partial charge in [-0.1, -0.05) is 6.92 Å². The second-order valence-corrected chi connectivity index (χ2v) is 6.20. The first-order valence-electron chi connectivity index (χ1n) is 7.97. The van der Waals surface area contributed by atoms with Crippen LogP contribution < -0.4 is 10.6 Å². The second kappa shape index (κ2) is 7.80. The van der Waals surface area contributed by atoms with Gasteiger partial charge in [-0.3, -0.25) is 9.36 Å². The summed E-state index contributed by atoms with van der Waals surface area (Å²) in [6, 6.07) is 3.79. The van der Waals surface area contributed by atoms with Crippen LogP contribution in [0.15, 0.2) is 24.5 Å². The lowest BCUT2D eigenvalue weighted by molar-refractivity contribution is 0.233. The summed E-state index contributed by atoms with van der Waals surface area (Å²) in [5.74, 6) is 0.306. The van der Waals surface area contributed by atoms with Crippen LogP contribution in [0.25, 0.3) is 0 Å². The van der Waals surface area contributed by atoms with Gasteiger partial charge in [-0.2, -0.15) is 10.2 Å².